The van der Waals surface area contributed by atoms with Gasteiger partial charge < -0.3 is 5.32 Å². The molecule has 0 fully saturated rings. The number of fused-ring (bicyclic) bond motifs is 1. The highest BCUT2D eigenvalue weighted by Crippen LogP contribution is 2.19. The monoisotopic (exact) mass is 326 g/mol. The quantitative estimate of drug-likeness (QED) is 0.800. The van der Waals surface area contributed by atoms with Crippen molar-refractivity contribution in [1.82, 2.24) is 9.27 Å². The molecule has 1 N–H and O–H groups in total. The van der Waals surface area contributed by atoms with Crippen LogP contribution in [0.4, 0.5) is 0 Å². The molecule has 0 aliphatic heterocycles. The summed E-state index contributed by atoms with van der Waals surface area (Å²) in [6.07, 6.45) is 0. The second-order valence-corrected chi connectivity index (χ2v) is 6.55. The lowest BCUT2D eigenvalue weighted by atomic mass is 10.1. The third-order valence-corrected chi connectivity index (χ3v) is 5.19. The summed E-state index contributed by atoms with van der Waals surface area (Å²) < 4.78 is 2.44. The van der Waals surface area contributed by atoms with E-state index in [1.165, 1.54) is 15.5 Å². The Hall–Kier alpha value is -2.40. The van der Waals surface area contributed by atoms with Crippen molar-refractivity contribution in [1.29, 1.82) is 0 Å². The van der Waals surface area contributed by atoms with Crippen molar-refractivity contribution in [3.63, 3.8) is 0 Å². The molecule has 23 heavy (non-hydrogen) atoms. The van der Waals surface area contributed by atoms with E-state index in [9.17, 15) is 9.59 Å². The van der Waals surface area contributed by atoms with Crippen molar-refractivity contribution in [2.75, 3.05) is 0 Å². The summed E-state index contributed by atoms with van der Waals surface area (Å²) in [5.41, 5.74) is 2.11. The second-order valence-electron chi connectivity index (χ2n) is 5.54. The summed E-state index contributed by atoms with van der Waals surface area (Å²) in [5.74, 6) is -0.151. The zero-order valence-electron chi connectivity index (χ0n) is 13.1. The molecule has 1 atom stereocenters. The number of carbonyl (C=O) groups excluding carboxylic acids is 1. The first-order chi connectivity index (χ1) is 11.1. The van der Waals surface area contributed by atoms with Crippen molar-refractivity contribution in [3.8, 4) is 0 Å². The van der Waals surface area contributed by atoms with Gasteiger partial charge in [-0.2, -0.15) is 0 Å². The number of carbonyl (C=O) groups is 1. The van der Waals surface area contributed by atoms with E-state index in [1.54, 1.807) is 13.0 Å². The highest BCUT2D eigenvalue weighted by molar-refractivity contribution is 7.14. The van der Waals surface area contributed by atoms with Gasteiger partial charge in [-0.1, -0.05) is 47.9 Å². The molecule has 5 heteroatoms. The minimum atomic E-state index is -0.524. The molecule has 4 nitrogen and oxygen atoms in total. The summed E-state index contributed by atoms with van der Waals surface area (Å²) in [7, 11) is 0. The Bertz CT molecular complexity index is 911. The zero-order valence-corrected chi connectivity index (χ0v) is 13.9. The molecule has 1 amide bonds. The topological polar surface area (TPSA) is 51.1 Å². The summed E-state index contributed by atoms with van der Waals surface area (Å²) in [4.78, 5) is 24.8. The van der Waals surface area contributed by atoms with Crippen LogP contribution in [0.1, 0.15) is 24.1 Å². The Labute approximate surface area is 138 Å². The predicted molar refractivity (Wildman–Crippen MR) is 93.8 cm³/mol. The molecule has 0 aliphatic rings. The zero-order chi connectivity index (χ0) is 16.4. The lowest BCUT2D eigenvalue weighted by Gasteiger charge is -2.13. The minimum absolute atomic E-state index is 0.107. The van der Waals surface area contributed by atoms with Gasteiger partial charge in [-0.3, -0.25) is 13.5 Å². The maximum absolute atomic E-state index is 12.4. The highest BCUT2D eigenvalue weighted by atomic mass is 32.1. The number of nitrogens with zero attached hydrogens (tertiary/aromatic N) is 1. The molecule has 0 saturated heterocycles. The molecule has 3 aromatic rings. The van der Waals surface area contributed by atoms with E-state index in [0.29, 0.717) is 11.9 Å². The normalized spacial score (nSPS) is 12.3. The molecule has 3 rings (SSSR count). The standard InChI is InChI=1S/C18H18N2O2S/c1-12-7-3-4-8-14(12)11-19-17(21)13(2)20-18(22)15-9-5-6-10-16(15)23-20/h3-10,13H,11H2,1-2H3,(H,19,21)/t13-/m0/s1. The summed E-state index contributed by atoms with van der Waals surface area (Å²) in [6.45, 7) is 4.24. The van der Waals surface area contributed by atoms with Gasteiger partial charge in [0.15, 0.2) is 0 Å². The Kier molecular flexibility index (Phi) is 4.30. The first kappa shape index (κ1) is 15.5. The van der Waals surface area contributed by atoms with Crippen LogP contribution in [0.2, 0.25) is 0 Å². The molecule has 0 saturated carbocycles. The molecule has 0 radical (unpaired) electrons. The third-order valence-electron chi connectivity index (χ3n) is 3.96. The summed E-state index contributed by atoms with van der Waals surface area (Å²) in [6, 6.07) is 14.8. The Balaban J connectivity index is 1.78. The van der Waals surface area contributed by atoms with Gasteiger partial charge in [0.1, 0.15) is 6.04 Å². The number of aromatic nitrogens is 1. The predicted octanol–water partition coefficient (Wildman–Crippen LogP) is 3.25. The average molecular weight is 326 g/mol. The Morgan fingerprint density at radius 3 is 2.61 bits per heavy atom. The van der Waals surface area contributed by atoms with Crippen LogP contribution >= 0.6 is 11.5 Å². The molecular formula is C18H18N2O2S. The largest absolute Gasteiger partial charge is 0.350 e. The van der Waals surface area contributed by atoms with Crippen molar-refractivity contribution >= 4 is 27.5 Å². The van der Waals surface area contributed by atoms with E-state index in [1.807, 2.05) is 49.4 Å². The van der Waals surface area contributed by atoms with Gasteiger partial charge >= 0.3 is 0 Å². The van der Waals surface area contributed by atoms with Gasteiger partial charge in [-0.05, 0) is 37.1 Å². The fourth-order valence-corrected chi connectivity index (χ4v) is 3.53. The van der Waals surface area contributed by atoms with E-state index < -0.39 is 6.04 Å². The van der Waals surface area contributed by atoms with Gasteiger partial charge in [0.05, 0.1) is 10.1 Å². The van der Waals surface area contributed by atoms with E-state index in [-0.39, 0.29) is 11.5 Å². The van der Waals surface area contributed by atoms with Gasteiger partial charge in [0, 0.05) is 6.54 Å². The van der Waals surface area contributed by atoms with Crippen molar-refractivity contribution in [2.45, 2.75) is 26.4 Å². The van der Waals surface area contributed by atoms with E-state index >= 15 is 0 Å². The van der Waals surface area contributed by atoms with E-state index in [4.69, 9.17) is 0 Å². The van der Waals surface area contributed by atoms with Crippen LogP contribution in [0.25, 0.3) is 10.1 Å². The number of nitrogens with one attached hydrogen (secondary N) is 1. The van der Waals surface area contributed by atoms with Crippen LogP contribution in [-0.4, -0.2) is 9.86 Å². The molecule has 2 aromatic carbocycles. The second kappa shape index (κ2) is 6.38. The first-order valence-corrected chi connectivity index (χ1v) is 8.28. The number of hydrogen-bond donors (Lipinski definition) is 1. The first-order valence-electron chi connectivity index (χ1n) is 7.50. The fraction of sp³-hybridized carbons (Fsp3) is 0.222. The van der Waals surface area contributed by atoms with Crippen LogP contribution in [0.15, 0.2) is 53.3 Å². The molecule has 0 unspecified atom stereocenters. The molecule has 1 heterocycles. The van der Waals surface area contributed by atoms with E-state index in [2.05, 4.69) is 5.32 Å². The minimum Gasteiger partial charge on any atom is -0.350 e. The maximum atomic E-state index is 12.4. The SMILES string of the molecule is Cc1ccccc1CNC(=O)[C@H](C)n1sc2ccccc2c1=O. The van der Waals surface area contributed by atoms with Crippen LogP contribution < -0.4 is 10.9 Å². The van der Waals surface area contributed by atoms with Crippen LogP contribution in [-0.2, 0) is 11.3 Å². The van der Waals surface area contributed by atoms with Crippen LogP contribution in [0.3, 0.4) is 0 Å². The van der Waals surface area contributed by atoms with E-state index in [0.717, 1.165) is 15.8 Å². The Morgan fingerprint density at radius 1 is 1.17 bits per heavy atom. The van der Waals surface area contributed by atoms with Crippen LogP contribution in [0, 0.1) is 6.92 Å². The lowest BCUT2D eigenvalue weighted by Crippen LogP contribution is -2.33. The van der Waals surface area contributed by atoms with Gasteiger partial charge in [0.2, 0.25) is 5.91 Å². The number of aryl methyl sites for hydroxylation is 1. The van der Waals surface area contributed by atoms with Gasteiger partial charge in [-0.15, -0.1) is 0 Å². The number of hydrogen-bond acceptors (Lipinski definition) is 3. The van der Waals surface area contributed by atoms with Crippen molar-refractivity contribution in [3.05, 3.63) is 70.0 Å². The summed E-state index contributed by atoms with van der Waals surface area (Å²) >= 11 is 1.33. The Morgan fingerprint density at radius 2 is 1.87 bits per heavy atom. The number of rotatable bonds is 4. The van der Waals surface area contributed by atoms with Crippen LogP contribution in [0.5, 0.6) is 0 Å². The average Bonchev–Trinajstić information content (AvgIpc) is 2.90. The van der Waals surface area contributed by atoms with Crippen molar-refractivity contribution < 1.29 is 4.79 Å². The molecule has 118 valence electrons. The fourth-order valence-electron chi connectivity index (χ4n) is 2.49. The van der Waals surface area contributed by atoms with Gasteiger partial charge in [-0.25, -0.2) is 0 Å². The molecule has 0 aliphatic carbocycles. The van der Waals surface area contributed by atoms with Crippen molar-refractivity contribution in [2.24, 2.45) is 0 Å². The number of amides is 1. The molecular weight excluding hydrogens is 308 g/mol. The summed E-state index contributed by atoms with van der Waals surface area (Å²) in [5, 5.41) is 3.58. The number of benzene rings is 2. The van der Waals surface area contributed by atoms with Gasteiger partial charge in [0.25, 0.3) is 5.56 Å². The molecule has 0 bridgehead atoms. The smallest absolute Gasteiger partial charge is 0.269 e. The third kappa shape index (κ3) is 3.05. The molecule has 0 spiro atoms. The maximum Gasteiger partial charge on any atom is 0.269 e. The highest BCUT2D eigenvalue weighted by Gasteiger charge is 2.19. The molecule has 1 aromatic heterocycles. The lowest BCUT2D eigenvalue weighted by molar-refractivity contribution is -0.123.